The van der Waals surface area contributed by atoms with Gasteiger partial charge in [-0.1, -0.05) is 188 Å². The summed E-state index contributed by atoms with van der Waals surface area (Å²) in [5.74, 6) is 0. The largest absolute Gasteiger partial charge is 0.354 e. The molecule has 0 bridgehead atoms. The van der Waals surface area contributed by atoms with Crippen LogP contribution in [0.4, 0.5) is 45.5 Å². The van der Waals surface area contributed by atoms with Crippen molar-refractivity contribution in [2.45, 2.75) is 11.8 Å². The van der Waals surface area contributed by atoms with E-state index in [0.29, 0.717) is 0 Å². The summed E-state index contributed by atoms with van der Waals surface area (Å²) in [6.45, 7) is 0. The highest BCUT2D eigenvalue weighted by Gasteiger charge is 2.52. The van der Waals surface area contributed by atoms with Gasteiger partial charge in [0.2, 0.25) is 0 Å². The van der Waals surface area contributed by atoms with Crippen LogP contribution in [0, 0.1) is 0 Å². The quantitative estimate of drug-likeness (QED) is 0.149. The molecule has 0 fully saturated rings. The van der Waals surface area contributed by atoms with Gasteiger partial charge in [0.25, 0.3) is 0 Å². The van der Waals surface area contributed by atoms with E-state index in [1.165, 1.54) is 61.3 Å². The van der Waals surface area contributed by atoms with Crippen molar-refractivity contribution in [2.24, 2.45) is 0 Å². The molecule has 0 amide bonds. The molecule has 10 aromatic carbocycles. The molecule has 0 aromatic heterocycles. The molecule has 0 unspecified atom stereocenters. The molecule has 0 saturated carbocycles. The summed E-state index contributed by atoms with van der Waals surface area (Å²) in [4.78, 5) is 4.95. The second kappa shape index (κ2) is 16.9. The number of hydrogen-bond acceptors (Lipinski definition) is 4. The minimum Gasteiger partial charge on any atom is -0.354 e. The topological polar surface area (TPSA) is 30.5 Å². The summed E-state index contributed by atoms with van der Waals surface area (Å²) in [5, 5.41) is 9.72. The number of fused-ring (bicyclic) bond motifs is 12. The molecule has 4 aliphatic rings. The van der Waals surface area contributed by atoms with E-state index < -0.39 is 5.41 Å². The lowest BCUT2D eigenvalue weighted by Gasteiger charge is -2.41. The van der Waals surface area contributed by atoms with Crippen molar-refractivity contribution in [3.63, 3.8) is 0 Å². The number of para-hydroxylation sites is 6. The molecule has 3 aliphatic carbocycles. The first-order chi connectivity index (χ1) is 35.7. The first kappa shape index (κ1) is 41.6. The van der Waals surface area contributed by atoms with Crippen molar-refractivity contribution in [1.82, 2.24) is 0 Å². The summed E-state index contributed by atoms with van der Waals surface area (Å²) < 4.78 is 0. The lowest BCUT2D eigenvalue weighted by molar-refractivity contribution is 0.793. The molecule has 14 rings (SSSR count). The van der Waals surface area contributed by atoms with Crippen molar-refractivity contribution < 1.29 is 0 Å². The van der Waals surface area contributed by atoms with Crippen molar-refractivity contribution in [3.8, 4) is 22.3 Å². The Morgan fingerprint density at radius 2 is 1.00 bits per heavy atom. The van der Waals surface area contributed by atoms with Gasteiger partial charge in [0, 0.05) is 34.6 Å². The Kier molecular flexibility index (Phi) is 9.78. The Bertz CT molecular complexity index is 3870. The average Bonchev–Trinajstić information content (AvgIpc) is 3.77. The molecule has 1 spiro atoms. The Morgan fingerprint density at radius 3 is 1.78 bits per heavy atom. The van der Waals surface area contributed by atoms with Crippen LogP contribution in [0.15, 0.2) is 266 Å². The Labute approximate surface area is 420 Å². The van der Waals surface area contributed by atoms with Gasteiger partial charge in [-0.25, -0.2) is 0 Å². The first-order valence-electron chi connectivity index (χ1n) is 24.9. The summed E-state index contributed by atoms with van der Waals surface area (Å²) in [6, 6.07) is 84.1. The van der Waals surface area contributed by atoms with Crippen molar-refractivity contribution in [2.75, 3.05) is 20.4 Å². The molecule has 4 heteroatoms. The first-order valence-corrected chi connectivity index (χ1v) is 24.9. The normalized spacial score (nSPS) is 14.4. The SMILES string of the molecule is C1=CCC2=C(C=C1)N(c1ccccc1)c1ccccc1N2c1ccc2c(c1)C1(c3ccccc3-c3ccccc31)c1cc(C=Cc3cccc4c(Nc5ccccc5Nc5ccccc5)cccc34)ccc1-2. The minimum absolute atomic E-state index is 0.533. The standard InChI is InChI=1S/C68H48N4/c1-4-21-48(22-5-1)69-62-31-14-15-32-63(62)70-61-33-19-27-51-47(20-18-28-56(51)61)40-38-46-39-42-54-55-43-41-50(45-60(55)68(59(54)44-46)57-29-12-10-25-52(57)53-26-11-13-30-58(53)68)72-66-35-9-3-8-34-64(66)71(49-23-6-2-7-24-49)65-36-16-17-37-67(65)72/h1-34,36-45,69-70H,35H2. The van der Waals surface area contributed by atoms with E-state index in [4.69, 9.17) is 0 Å². The Morgan fingerprint density at radius 1 is 0.403 bits per heavy atom. The predicted molar refractivity (Wildman–Crippen MR) is 302 cm³/mol. The van der Waals surface area contributed by atoms with Crippen LogP contribution >= 0.6 is 0 Å². The maximum absolute atomic E-state index is 3.77. The molecular weight excluding hydrogens is 873 g/mol. The zero-order chi connectivity index (χ0) is 47.6. The fourth-order valence-corrected chi connectivity index (χ4v) is 12.0. The van der Waals surface area contributed by atoms with E-state index in [1.807, 2.05) is 6.07 Å². The lowest BCUT2D eigenvalue weighted by Crippen LogP contribution is -2.31. The molecule has 0 saturated heterocycles. The predicted octanol–water partition coefficient (Wildman–Crippen LogP) is 17.9. The van der Waals surface area contributed by atoms with Crippen LogP contribution in [0.25, 0.3) is 45.2 Å². The highest BCUT2D eigenvalue weighted by atomic mass is 15.3. The van der Waals surface area contributed by atoms with Crippen molar-refractivity contribution in [3.05, 3.63) is 300 Å². The fraction of sp³-hybridized carbons (Fsp3) is 0.0294. The van der Waals surface area contributed by atoms with Gasteiger partial charge in [-0.05, 0) is 140 Å². The zero-order valence-corrected chi connectivity index (χ0v) is 39.5. The van der Waals surface area contributed by atoms with Crippen LogP contribution < -0.4 is 20.4 Å². The molecule has 72 heavy (non-hydrogen) atoms. The molecule has 340 valence electrons. The van der Waals surface area contributed by atoms with Crippen molar-refractivity contribution in [1.29, 1.82) is 0 Å². The highest BCUT2D eigenvalue weighted by molar-refractivity contribution is 6.03. The number of benzene rings is 10. The average molecular weight is 921 g/mol. The smallest absolute Gasteiger partial charge is 0.0726 e. The number of rotatable bonds is 8. The van der Waals surface area contributed by atoms with Gasteiger partial charge >= 0.3 is 0 Å². The molecule has 2 N–H and O–H groups in total. The molecule has 0 radical (unpaired) electrons. The number of allylic oxidation sites excluding steroid dienone is 4. The maximum Gasteiger partial charge on any atom is 0.0726 e. The third-order valence-corrected chi connectivity index (χ3v) is 15.0. The van der Waals surface area contributed by atoms with Crippen LogP contribution in [0.2, 0.25) is 0 Å². The molecule has 1 heterocycles. The van der Waals surface area contributed by atoms with E-state index in [-0.39, 0.29) is 0 Å². The third kappa shape index (κ3) is 6.53. The minimum atomic E-state index is -0.533. The molecule has 1 aliphatic heterocycles. The van der Waals surface area contributed by atoms with Crippen LogP contribution in [-0.2, 0) is 5.41 Å². The summed E-state index contributed by atoms with van der Waals surface area (Å²) in [6.07, 6.45) is 14.3. The van der Waals surface area contributed by atoms with Gasteiger partial charge in [-0.3, -0.25) is 0 Å². The summed E-state index contributed by atoms with van der Waals surface area (Å²) in [7, 11) is 0. The van der Waals surface area contributed by atoms with Crippen LogP contribution in [0.5, 0.6) is 0 Å². The van der Waals surface area contributed by atoms with Gasteiger partial charge in [-0.2, -0.15) is 0 Å². The van der Waals surface area contributed by atoms with Crippen LogP contribution in [-0.4, -0.2) is 0 Å². The Balaban J connectivity index is 0.888. The maximum atomic E-state index is 3.77. The fourth-order valence-electron chi connectivity index (χ4n) is 12.0. The van der Waals surface area contributed by atoms with E-state index in [2.05, 4.69) is 281 Å². The number of anilines is 8. The van der Waals surface area contributed by atoms with E-state index in [9.17, 15) is 0 Å². The molecule has 10 aromatic rings. The van der Waals surface area contributed by atoms with E-state index in [1.54, 1.807) is 0 Å². The van der Waals surface area contributed by atoms with Gasteiger partial charge in [0.1, 0.15) is 0 Å². The second-order valence-electron chi connectivity index (χ2n) is 18.9. The van der Waals surface area contributed by atoms with Gasteiger partial charge in [-0.15, -0.1) is 0 Å². The molecule has 4 nitrogen and oxygen atoms in total. The van der Waals surface area contributed by atoms with E-state index >= 15 is 0 Å². The van der Waals surface area contributed by atoms with Gasteiger partial charge in [0.15, 0.2) is 0 Å². The van der Waals surface area contributed by atoms with Crippen molar-refractivity contribution >= 4 is 68.4 Å². The molecule has 0 atom stereocenters. The number of nitrogens with zero attached hydrogens (tertiary/aromatic N) is 2. The zero-order valence-electron chi connectivity index (χ0n) is 39.5. The van der Waals surface area contributed by atoms with Gasteiger partial charge in [0.05, 0.1) is 39.6 Å². The van der Waals surface area contributed by atoms with Gasteiger partial charge < -0.3 is 20.4 Å². The third-order valence-electron chi connectivity index (χ3n) is 15.0. The van der Waals surface area contributed by atoms with Crippen LogP contribution in [0.1, 0.15) is 39.8 Å². The monoisotopic (exact) mass is 920 g/mol. The van der Waals surface area contributed by atoms with Crippen LogP contribution in [0.3, 0.4) is 0 Å². The Hall–Kier alpha value is -9.38. The second-order valence-corrected chi connectivity index (χ2v) is 18.9. The summed E-state index contributed by atoms with van der Waals surface area (Å²) >= 11 is 0. The number of nitrogens with one attached hydrogen (secondary N) is 2. The highest BCUT2D eigenvalue weighted by Crippen LogP contribution is 2.64. The summed E-state index contributed by atoms with van der Waals surface area (Å²) in [5.41, 5.74) is 23.4. The van der Waals surface area contributed by atoms with E-state index in [0.717, 1.165) is 68.4 Å². The number of hydrogen-bond donors (Lipinski definition) is 2. The molecular formula is C68H48N4. The lowest BCUT2D eigenvalue weighted by atomic mass is 9.70.